The van der Waals surface area contributed by atoms with E-state index in [4.69, 9.17) is 9.05 Å². The Balaban J connectivity index is 4.51. The average Bonchev–Trinajstić information content (AvgIpc) is 3.04. The summed E-state index contributed by atoms with van der Waals surface area (Å²) in [6.07, 6.45) is 36.5. The Hall–Kier alpha value is -1.02. The second-order valence-corrected chi connectivity index (χ2v) is 16.4. The number of allylic oxidation sites excluding steroid dienone is 3. The quantitative estimate of drug-likeness (QED) is 0.0290. The number of aliphatic hydroxyl groups excluding tert-OH is 1. The van der Waals surface area contributed by atoms with Gasteiger partial charge >= 0.3 is 0 Å². The van der Waals surface area contributed by atoms with Crippen LogP contribution in [0.25, 0.3) is 0 Å². The molecular weight excluding hydrogens is 635 g/mol. The van der Waals surface area contributed by atoms with E-state index in [9.17, 15) is 19.4 Å². The van der Waals surface area contributed by atoms with E-state index < -0.39 is 20.0 Å². The fourth-order valence-electron chi connectivity index (χ4n) is 5.64. The van der Waals surface area contributed by atoms with Gasteiger partial charge in [0, 0.05) is 6.42 Å². The molecule has 8 nitrogen and oxygen atoms in total. The zero-order valence-electron chi connectivity index (χ0n) is 32.6. The molecule has 0 saturated heterocycles. The van der Waals surface area contributed by atoms with Crippen molar-refractivity contribution in [3.05, 3.63) is 24.3 Å². The minimum atomic E-state index is -4.58. The van der Waals surface area contributed by atoms with Gasteiger partial charge in [-0.25, -0.2) is 0 Å². The van der Waals surface area contributed by atoms with Crippen LogP contribution in [-0.4, -0.2) is 68.5 Å². The summed E-state index contributed by atoms with van der Waals surface area (Å²) in [5.41, 5.74) is 0. The first-order chi connectivity index (χ1) is 23.5. The molecule has 3 unspecified atom stereocenters. The normalized spacial score (nSPS) is 14.8. The first kappa shape index (κ1) is 48.0. The van der Waals surface area contributed by atoms with Gasteiger partial charge in [-0.2, -0.15) is 0 Å². The molecule has 0 radical (unpaired) electrons. The standard InChI is InChI=1S/C40H79N2O6P/c1-6-8-10-12-14-16-18-20-21-22-24-26-28-30-32-34-40(44)41-38(37-48-49(45,46)47-36-35-42(3,4)5)39(43)33-31-29-27-25-23-19-17-15-13-11-9-7-2/h23,25,31,33,38-39,43H,6-22,24,26-30,32,34-37H2,1-5H3,(H-,41,44,45,46)/b25-23+,33-31+. The van der Waals surface area contributed by atoms with Crippen molar-refractivity contribution in [1.29, 1.82) is 0 Å². The number of amides is 1. The molecule has 0 bridgehead atoms. The van der Waals surface area contributed by atoms with Crippen LogP contribution in [0.5, 0.6) is 0 Å². The lowest BCUT2D eigenvalue weighted by atomic mass is 10.0. The lowest BCUT2D eigenvalue weighted by Gasteiger charge is -2.29. The molecule has 0 rings (SSSR count). The van der Waals surface area contributed by atoms with Gasteiger partial charge in [0.15, 0.2) is 0 Å². The van der Waals surface area contributed by atoms with Gasteiger partial charge in [0.05, 0.1) is 39.9 Å². The van der Waals surface area contributed by atoms with Crippen LogP contribution >= 0.6 is 7.82 Å². The van der Waals surface area contributed by atoms with Crippen LogP contribution in [0.3, 0.4) is 0 Å². The Morgan fingerprint density at radius 3 is 1.65 bits per heavy atom. The second kappa shape index (κ2) is 32.9. The van der Waals surface area contributed by atoms with E-state index in [1.807, 2.05) is 27.2 Å². The summed E-state index contributed by atoms with van der Waals surface area (Å²) in [6.45, 7) is 4.60. The molecule has 0 spiro atoms. The van der Waals surface area contributed by atoms with Crippen LogP contribution in [0.2, 0.25) is 0 Å². The number of phosphoric ester groups is 1. The van der Waals surface area contributed by atoms with Gasteiger partial charge in [-0.15, -0.1) is 0 Å². The predicted octanol–water partition coefficient (Wildman–Crippen LogP) is 9.94. The Kier molecular flexibility index (Phi) is 32.2. The summed E-state index contributed by atoms with van der Waals surface area (Å²) in [7, 11) is 1.24. The van der Waals surface area contributed by atoms with Crippen molar-refractivity contribution in [1.82, 2.24) is 5.32 Å². The Bertz CT molecular complexity index is 860. The van der Waals surface area contributed by atoms with Crippen LogP contribution < -0.4 is 10.2 Å². The second-order valence-electron chi connectivity index (χ2n) is 15.0. The molecule has 0 aromatic rings. The lowest BCUT2D eigenvalue weighted by Crippen LogP contribution is -2.45. The Labute approximate surface area is 303 Å². The monoisotopic (exact) mass is 715 g/mol. The van der Waals surface area contributed by atoms with Gasteiger partial charge in [-0.05, 0) is 32.1 Å². The van der Waals surface area contributed by atoms with E-state index in [-0.39, 0.29) is 19.1 Å². The van der Waals surface area contributed by atoms with Crippen LogP contribution in [0.1, 0.15) is 174 Å². The molecule has 2 N–H and O–H groups in total. The molecule has 3 atom stereocenters. The Morgan fingerprint density at radius 2 is 1.14 bits per heavy atom. The summed E-state index contributed by atoms with van der Waals surface area (Å²) in [6, 6.07) is -0.896. The van der Waals surface area contributed by atoms with Gasteiger partial charge < -0.3 is 28.8 Å². The molecular formula is C40H79N2O6P. The highest BCUT2D eigenvalue weighted by molar-refractivity contribution is 7.45. The maximum Gasteiger partial charge on any atom is 0.268 e. The molecule has 49 heavy (non-hydrogen) atoms. The summed E-state index contributed by atoms with van der Waals surface area (Å²) >= 11 is 0. The molecule has 9 heteroatoms. The number of unbranched alkanes of at least 4 members (excludes halogenated alkanes) is 21. The van der Waals surface area contributed by atoms with E-state index in [2.05, 4.69) is 31.3 Å². The number of carbonyl (C=O) groups excluding carboxylic acids is 1. The first-order valence-electron chi connectivity index (χ1n) is 20.2. The number of carbonyl (C=O) groups is 1. The minimum Gasteiger partial charge on any atom is -0.756 e. The number of nitrogens with zero attached hydrogens (tertiary/aromatic N) is 1. The third kappa shape index (κ3) is 35.2. The molecule has 0 aliphatic heterocycles. The zero-order valence-corrected chi connectivity index (χ0v) is 33.5. The van der Waals surface area contributed by atoms with Crippen molar-refractivity contribution in [2.24, 2.45) is 0 Å². The third-order valence-corrected chi connectivity index (χ3v) is 9.88. The molecule has 0 aromatic carbocycles. The maximum atomic E-state index is 12.8. The zero-order chi connectivity index (χ0) is 36.5. The van der Waals surface area contributed by atoms with Crippen LogP contribution in [0.4, 0.5) is 0 Å². The average molecular weight is 715 g/mol. The van der Waals surface area contributed by atoms with E-state index in [1.54, 1.807) is 6.08 Å². The molecule has 0 heterocycles. The number of aliphatic hydroxyl groups is 1. The fraction of sp³-hybridized carbons (Fsp3) is 0.875. The molecule has 0 aliphatic carbocycles. The van der Waals surface area contributed by atoms with Crippen molar-refractivity contribution in [3.63, 3.8) is 0 Å². The topological polar surface area (TPSA) is 108 Å². The third-order valence-electron chi connectivity index (χ3n) is 8.91. The largest absolute Gasteiger partial charge is 0.756 e. The molecule has 0 aliphatic rings. The number of rotatable bonds is 36. The number of likely N-dealkylation sites (N-methyl/N-ethyl adjacent to an activating group) is 1. The van der Waals surface area contributed by atoms with E-state index in [1.165, 1.54) is 116 Å². The lowest BCUT2D eigenvalue weighted by molar-refractivity contribution is -0.870. The maximum absolute atomic E-state index is 12.8. The highest BCUT2D eigenvalue weighted by Gasteiger charge is 2.23. The number of quaternary nitrogens is 1. The molecule has 0 saturated carbocycles. The van der Waals surface area contributed by atoms with Crippen LogP contribution in [-0.2, 0) is 18.4 Å². The van der Waals surface area contributed by atoms with Crippen molar-refractivity contribution in [3.8, 4) is 0 Å². The molecule has 0 fully saturated rings. The fourth-order valence-corrected chi connectivity index (χ4v) is 6.36. The summed E-state index contributed by atoms with van der Waals surface area (Å²) < 4.78 is 23.1. The van der Waals surface area contributed by atoms with Crippen molar-refractivity contribution in [2.75, 3.05) is 40.9 Å². The molecule has 0 aromatic heterocycles. The van der Waals surface area contributed by atoms with Crippen molar-refractivity contribution >= 4 is 13.7 Å². The van der Waals surface area contributed by atoms with Gasteiger partial charge in [0.25, 0.3) is 7.82 Å². The summed E-state index contributed by atoms with van der Waals surface area (Å²) in [5.74, 6) is -0.208. The van der Waals surface area contributed by atoms with Gasteiger partial charge in [-0.1, -0.05) is 160 Å². The predicted molar refractivity (Wildman–Crippen MR) is 205 cm³/mol. The Morgan fingerprint density at radius 1 is 0.694 bits per heavy atom. The van der Waals surface area contributed by atoms with Gasteiger partial charge in [0.1, 0.15) is 13.2 Å². The van der Waals surface area contributed by atoms with Crippen molar-refractivity contribution < 1.29 is 32.9 Å². The number of hydrogen-bond acceptors (Lipinski definition) is 6. The van der Waals surface area contributed by atoms with Crippen LogP contribution in [0.15, 0.2) is 24.3 Å². The van der Waals surface area contributed by atoms with Gasteiger partial charge in [-0.3, -0.25) is 9.36 Å². The van der Waals surface area contributed by atoms with Crippen LogP contribution in [0, 0.1) is 0 Å². The van der Waals surface area contributed by atoms with Gasteiger partial charge in [0.2, 0.25) is 5.91 Å². The minimum absolute atomic E-state index is 0.00463. The smallest absolute Gasteiger partial charge is 0.268 e. The highest BCUT2D eigenvalue weighted by Crippen LogP contribution is 2.38. The SMILES string of the molecule is CCCCCCCC/C=C/CC/C=C/C(O)C(COP(=O)([O-])OCC[N+](C)(C)C)NC(=O)CCCCCCCCCCCCCCCCC. The van der Waals surface area contributed by atoms with Crippen molar-refractivity contribution in [2.45, 2.75) is 187 Å². The number of nitrogens with one attached hydrogen (secondary N) is 1. The van der Waals surface area contributed by atoms with E-state index in [0.29, 0.717) is 17.4 Å². The number of hydrogen-bond donors (Lipinski definition) is 2. The summed E-state index contributed by atoms with van der Waals surface area (Å²) in [4.78, 5) is 25.2. The molecule has 290 valence electrons. The highest BCUT2D eigenvalue weighted by atomic mass is 31.2. The van der Waals surface area contributed by atoms with E-state index >= 15 is 0 Å². The summed E-state index contributed by atoms with van der Waals surface area (Å²) in [5, 5.41) is 13.7. The first-order valence-corrected chi connectivity index (χ1v) is 21.7. The molecule has 1 amide bonds. The number of phosphoric acid groups is 1. The van der Waals surface area contributed by atoms with E-state index in [0.717, 1.165) is 38.5 Å².